The average Bonchev–Trinajstić information content (AvgIpc) is 2.77. The maximum Gasteiger partial charge on any atom is 0.408 e. The van der Waals surface area contributed by atoms with E-state index in [1.54, 1.807) is 40.7 Å². The van der Waals surface area contributed by atoms with Gasteiger partial charge in [0, 0.05) is 12.8 Å². The van der Waals surface area contributed by atoms with E-state index >= 15 is 0 Å². The Morgan fingerprint density at radius 1 is 0.897 bits per heavy atom. The lowest BCUT2D eigenvalue weighted by molar-refractivity contribution is -0.151. The maximum absolute atomic E-state index is 13.3. The molecule has 0 bridgehead atoms. The van der Waals surface area contributed by atoms with E-state index in [2.05, 4.69) is 10.6 Å². The van der Waals surface area contributed by atoms with Crippen LogP contribution in [0, 0.1) is 5.92 Å². The maximum atomic E-state index is 13.3. The number of carbonyl (C=O) groups excluding carboxylic acids is 4. The molecule has 3 amide bonds. The molecule has 39 heavy (non-hydrogen) atoms. The van der Waals surface area contributed by atoms with Crippen LogP contribution in [-0.4, -0.2) is 64.9 Å². The van der Waals surface area contributed by atoms with Crippen LogP contribution in [0.3, 0.4) is 0 Å². The first kappa shape index (κ1) is 34.0. The summed E-state index contributed by atoms with van der Waals surface area (Å²) in [5.74, 6) is -5.68. The molecule has 0 aromatic heterocycles. The van der Waals surface area contributed by atoms with Gasteiger partial charge in [-0.1, -0.05) is 43.1 Å². The van der Waals surface area contributed by atoms with E-state index in [1.165, 1.54) is 12.1 Å². The Morgan fingerprint density at radius 2 is 1.46 bits per heavy atom. The molecule has 0 heterocycles. The van der Waals surface area contributed by atoms with Crippen molar-refractivity contribution in [2.45, 2.75) is 84.0 Å². The number of ether oxygens (including phenoxy) is 1. The van der Waals surface area contributed by atoms with Gasteiger partial charge in [-0.2, -0.15) is 0 Å². The van der Waals surface area contributed by atoms with Gasteiger partial charge in [0.15, 0.2) is 0 Å². The zero-order chi connectivity index (χ0) is 30.1. The summed E-state index contributed by atoms with van der Waals surface area (Å²) in [6, 6.07) is -0.0670. The molecule has 0 radical (unpaired) electrons. The number of carboxylic acids is 1. The number of carbonyl (C=O) groups is 5. The third kappa shape index (κ3) is 12.6. The van der Waals surface area contributed by atoms with Crippen molar-refractivity contribution in [2.24, 2.45) is 5.92 Å². The van der Waals surface area contributed by atoms with E-state index in [0.717, 1.165) is 0 Å². The predicted molar refractivity (Wildman–Crippen MR) is 140 cm³/mol. The van der Waals surface area contributed by atoms with E-state index in [1.807, 2.05) is 5.32 Å². The molecule has 0 saturated heterocycles. The quantitative estimate of drug-likeness (QED) is 0.253. The highest BCUT2D eigenvalue weighted by Crippen LogP contribution is 2.23. The summed E-state index contributed by atoms with van der Waals surface area (Å²) in [4.78, 5) is 61.6. The zero-order valence-corrected chi connectivity index (χ0v) is 23.7. The van der Waals surface area contributed by atoms with E-state index in [0.29, 0.717) is 5.56 Å². The molecule has 218 valence electrons. The highest BCUT2D eigenvalue weighted by molar-refractivity contribution is 6.42. The van der Waals surface area contributed by atoms with Gasteiger partial charge in [-0.25, -0.2) is 18.4 Å². The number of aliphatic carboxylic acids is 1. The van der Waals surface area contributed by atoms with Crippen molar-refractivity contribution in [3.63, 3.8) is 0 Å². The third-order valence-electron chi connectivity index (χ3n) is 5.03. The fraction of sp³-hybridized carbons (Fsp3) is 0.560. The lowest BCUT2D eigenvalue weighted by atomic mass is 10.00. The van der Waals surface area contributed by atoms with Gasteiger partial charge in [0.05, 0.1) is 10.0 Å². The second-order valence-electron chi connectivity index (χ2n) is 10.2. The molecule has 14 heteroatoms. The Bertz CT molecular complexity index is 1060. The Kier molecular flexibility index (Phi) is 13.1. The zero-order valence-electron chi connectivity index (χ0n) is 22.1. The molecule has 1 rings (SSSR count). The Morgan fingerprint density at radius 3 is 1.95 bits per heavy atom. The topological polar surface area (TPSA) is 151 Å². The Balaban J connectivity index is 3.23. The molecule has 0 fully saturated rings. The molecule has 0 saturated carbocycles. The molecule has 0 spiro atoms. The van der Waals surface area contributed by atoms with Gasteiger partial charge in [-0.15, -0.1) is 0 Å². The minimum atomic E-state index is -3.08. The second kappa shape index (κ2) is 15.0. The number of benzene rings is 1. The number of carboxylic acid groups (broad SMARTS) is 1. The van der Waals surface area contributed by atoms with Gasteiger partial charge in [-0.3, -0.25) is 14.4 Å². The summed E-state index contributed by atoms with van der Waals surface area (Å²) in [5, 5.41) is 16.3. The first-order chi connectivity index (χ1) is 17.9. The first-order valence-corrected chi connectivity index (χ1v) is 12.7. The normalized spacial score (nSPS) is 13.8. The molecule has 1 unspecified atom stereocenters. The van der Waals surface area contributed by atoms with Crippen LogP contribution in [0.5, 0.6) is 0 Å². The van der Waals surface area contributed by atoms with Gasteiger partial charge in [0.2, 0.25) is 18.2 Å². The molecule has 1 aromatic rings. The molecule has 4 N–H and O–H groups in total. The molecular formula is C25H33Cl2F2N3O7. The second-order valence-corrected chi connectivity index (χ2v) is 11.0. The standard InChI is InChI=1S/C25H33Cl2F2N3O7/c1-12(2)8-17(21(34)30-16(11-19(28)29)20(33)23(36)37)31-22(35)18(32-24(38)39-25(3,4)5)10-13-6-7-14(26)15(27)9-13/h6-7,9,12,16-19H,8,10-11H2,1-5H3,(H,30,34)(H,31,35)(H,32,38)(H,36,37)/t16?,17-,18-/m0/s1. The lowest BCUT2D eigenvalue weighted by Crippen LogP contribution is -2.57. The molecule has 3 atom stereocenters. The van der Waals surface area contributed by atoms with Crippen LogP contribution in [0.25, 0.3) is 0 Å². The number of alkyl carbamates (subject to hydrolysis) is 1. The van der Waals surface area contributed by atoms with Crippen molar-refractivity contribution in [3.05, 3.63) is 33.8 Å². The summed E-state index contributed by atoms with van der Waals surface area (Å²) < 4.78 is 31.1. The van der Waals surface area contributed by atoms with Gasteiger partial charge < -0.3 is 25.8 Å². The van der Waals surface area contributed by atoms with Crippen molar-refractivity contribution in [1.29, 1.82) is 0 Å². The number of nitrogens with one attached hydrogen (secondary N) is 3. The number of halogens is 4. The first-order valence-electron chi connectivity index (χ1n) is 12.0. The summed E-state index contributed by atoms with van der Waals surface area (Å²) in [5.41, 5.74) is -0.375. The SMILES string of the molecule is CC(C)C[C@H](NC(=O)[C@H](Cc1ccc(Cl)c(Cl)c1)NC(=O)OC(C)(C)C)C(=O)NC(CC(F)F)C(=O)C(=O)O. The molecule has 0 aliphatic carbocycles. The summed E-state index contributed by atoms with van der Waals surface area (Å²) >= 11 is 12.0. The van der Waals surface area contributed by atoms with Gasteiger partial charge in [0.25, 0.3) is 5.78 Å². The van der Waals surface area contributed by atoms with Gasteiger partial charge in [-0.05, 0) is 50.8 Å². The van der Waals surface area contributed by atoms with Crippen molar-refractivity contribution < 1.29 is 42.6 Å². The monoisotopic (exact) mass is 595 g/mol. The van der Waals surface area contributed by atoms with Crippen molar-refractivity contribution >= 4 is 52.9 Å². The summed E-state index contributed by atoms with van der Waals surface area (Å²) in [6.45, 7) is 8.31. The number of Topliss-reactive ketones (excluding diaryl/α,β-unsaturated/α-hetero) is 1. The van der Waals surface area contributed by atoms with Crippen LogP contribution in [0.2, 0.25) is 10.0 Å². The minimum Gasteiger partial charge on any atom is -0.475 e. The smallest absolute Gasteiger partial charge is 0.408 e. The number of hydrogen-bond acceptors (Lipinski definition) is 6. The number of rotatable bonds is 13. The number of hydrogen-bond donors (Lipinski definition) is 4. The fourth-order valence-electron chi connectivity index (χ4n) is 3.37. The van der Waals surface area contributed by atoms with Crippen LogP contribution < -0.4 is 16.0 Å². The predicted octanol–water partition coefficient (Wildman–Crippen LogP) is 3.75. The molecule has 1 aromatic carbocycles. The van der Waals surface area contributed by atoms with Crippen LogP contribution in [0.15, 0.2) is 18.2 Å². The molecular weight excluding hydrogens is 563 g/mol. The largest absolute Gasteiger partial charge is 0.475 e. The molecule has 10 nitrogen and oxygen atoms in total. The number of ketones is 1. The molecule has 0 aliphatic rings. The Labute approximate surface area is 235 Å². The van der Waals surface area contributed by atoms with Gasteiger partial charge >= 0.3 is 12.1 Å². The van der Waals surface area contributed by atoms with Crippen LogP contribution >= 0.6 is 23.2 Å². The van der Waals surface area contributed by atoms with Crippen LogP contribution in [0.4, 0.5) is 13.6 Å². The van der Waals surface area contributed by atoms with Crippen LogP contribution in [0.1, 0.15) is 53.0 Å². The van der Waals surface area contributed by atoms with Crippen molar-refractivity contribution in [1.82, 2.24) is 16.0 Å². The highest BCUT2D eigenvalue weighted by atomic mass is 35.5. The Hall–Kier alpha value is -2.99. The minimum absolute atomic E-state index is 0.00612. The van der Waals surface area contributed by atoms with Crippen LogP contribution in [-0.2, 0) is 30.3 Å². The lowest BCUT2D eigenvalue weighted by Gasteiger charge is -2.27. The van der Waals surface area contributed by atoms with E-state index in [4.69, 9.17) is 33.0 Å². The van der Waals surface area contributed by atoms with Gasteiger partial charge in [0.1, 0.15) is 23.7 Å². The highest BCUT2D eigenvalue weighted by Gasteiger charge is 2.34. The molecule has 0 aliphatic heterocycles. The average molecular weight is 596 g/mol. The van der Waals surface area contributed by atoms with E-state index in [-0.39, 0.29) is 28.8 Å². The van der Waals surface area contributed by atoms with E-state index in [9.17, 15) is 32.8 Å². The van der Waals surface area contributed by atoms with Crippen molar-refractivity contribution in [3.8, 4) is 0 Å². The summed E-state index contributed by atoms with van der Waals surface area (Å²) in [6.07, 6.45) is -5.31. The fourth-order valence-corrected chi connectivity index (χ4v) is 3.69. The van der Waals surface area contributed by atoms with Crippen molar-refractivity contribution in [2.75, 3.05) is 0 Å². The summed E-state index contributed by atoms with van der Waals surface area (Å²) in [7, 11) is 0. The van der Waals surface area contributed by atoms with E-state index < -0.39 is 66.2 Å². The number of amides is 3. The number of alkyl halides is 2. The third-order valence-corrected chi connectivity index (χ3v) is 5.77.